The fourth-order valence-electron chi connectivity index (χ4n) is 3.02. The van der Waals surface area contributed by atoms with Crippen molar-refractivity contribution in [3.8, 4) is 17.1 Å². The number of ether oxygens (including phenoxy) is 1. The molecule has 1 aliphatic carbocycles. The van der Waals surface area contributed by atoms with Crippen molar-refractivity contribution in [2.45, 2.75) is 51.4 Å². The molecule has 3 rings (SSSR count). The Kier molecular flexibility index (Phi) is 6.42. The lowest BCUT2D eigenvalue weighted by atomic mass is 10.2. The lowest BCUT2D eigenvalue weighted by Gasteiger charge is -2.14. The predicted molar refractivity (Wildman–Crippen MR) is 108 cm³/mol. The van der Waals surface area contributed by atoms with Gasteiger partial charge in [-0.3, -0.25) is 4.79 Å². The van der Waals surface area contributed by atoms with Crippen LogP contribution in [0.15, 0.2) is 29.4 Å². The fraction of sp³-hybridized carbons (Fsp3) is 0.550. The predicted octanol–water partition coefficient (Wildman–Crippen LogP) is 3.62. The summed E-state index contributed by atoms with van der Waals surface area (Å²) in [5.41, 5.74) is 0.989. The van der Waals surface area contributed by atoms with Gasteiger partial charge in [-0.05, 0) is 55.9 Å². The summed E-state index contributed by atoms with van der Waals surface area (Å²) in [7, 11) is 1.65. The molecular weight excluding hydrogens is 360 g/mol. The fourth-order valence-corrected chi connectivity index (χ4v) is 3.78. The number of methoxy groups -OCH3 is 1. The maximum atomic E-state index is 12.2. The number of carbonyl (C=O) groups excluding carboxylic acids is 1. The standard InChI is InChI=1S/C20H28N4O2S/c1-13(2)11-24-19(16-7-9-17(26-4)10-8-16)22-23-20(24)27-12-18(25)21-14(3)15-5-6-15/h7-10,13-15H,5-6,11-12H2,1-4H3,(H,21,25)/t14-/m1/s1. The number of hydrogen-bond acceptors (Lipinski definition) is 5. The SMILES string of the molecule is COc1ccc(-c2nnc(SCC(=O)N[C@H](C)C3CC3)n2CC(C)C)cc1. The Labute approximate surface area is 165 Å². The highest BCUT2D eigenvalue weighted by Gasteiger charge is 2.29. The first-order valence-corrected chi connectivity index (χ1v) is 10.5. The lowest BCUT2D eigenvalue weighted by molar-refractivity contribution is -0.119. The van der Waals surface area contributed by atoms with Gasteiger partial charge in [0.25, 0.3) is 0 Å². The Balaban J connectivity index is 1.72. The Morgan fingerprint density at radius 1 is 1.26 bits per heavy atom. The molecule has 27 heavy (non-hydrogen) atoms. The van der Waals surface area contributed by atoms with Crippen LogP contribution in [0.2, 0.25) is 0 Å². The first kappa shape index (κ1) is 19.7. The monoisotopic (exact) mass is 388 g/mol. The molecule has 1 atom stereocenters. The van der Waals surface area contributed by atoms with Crippen LogP contribution in [-0.4, -0.2) is 39.6 Å². The van der Waals surface area contributed by atoms with Gasteiger partial charge in [0.2, 0.25) is 5.91 Å². The van der Waals surface area contributed by atoms with E-state index in [0.29, 0.717) is 17.6 Å². The highest BCUT2D eigenvalue weighted by atomic mass is 32.2. The number of nitrogens with zero attached hydrogens (tertiary/aromatic N) is 3. The van der Waals surface area contributed by atoms with Crippen LogP contribution in [-0.2, 0) is 11.3 Å². The summed E-state index contributed by atoms with van der Waals surface area (Å²) < 4.78 is 7.34. The molecule has 0 radical (unpaired) electrons. The number of hydrogen-bond donors (Lipinski definition) is 1. The molecule has 0 unspecified atom stereocenters. The maximum Gasteiger partial charge on any atom is 0.230 e. The maximum absolute atomic E-state index is 12.2. The molecule has 0 spiro atoms. The van der Waals surface area contributed by atoms with E-state index >= 15 is 0 Å². The number of nitrogens with one attached hydrogen (secondary N) is 1. The average molecular weight is 389 g/mol. The van der Waals surface area contributed by atoms with Crippen molar-refractivity contribution < 1.29 is 9.53 Å². The molecule has 1 aromatic carbocycles. The summed E-state index contributed by atoms with van der Waals surface area (Å²) in [6.07, 6.45) is 2.45. The van der Waals surface area contributed by atoms with Gasteiger partial charge in [0.15, 0.2) is 11.0 Å². The van der Waals surface area contributed by atoms with Crippen molar-refractivity contribution in [3.63, 3.8) is 0 Å². The van der Waals surface area contributed by atoms with Gasteiger partial charge in [0.1, 0.15) is 5.75 Å². The first-order valence-electron chi connectivity index (χ1n) is 9.47. The number of thioether (sulfide) groups is 1. The molecule has 0 saturated heterocycles. The normalized spacial score (nSPS) is 15.0. The van der Waals surface area contributed by atoms with Gasteiger partial charge in [0.05, 0.1) is 12.9 Å². The second kappa shape index (κ2) is 8.78. The Morgan fingerprint density at radius 2 is 1.96 bits per heavy atom. The zero-order valence-corrected chi connectivity index (χ0v) is 17.3. The van der Waals surface area contributed by atoms with Gasteiger partial charge in [0, 0.05) is 18.2 Å². The lowest BCUT2D eigenvalue weighted by Crippen LogP contribution is -2.35. The highest BCUT2D eigenvalue weighted by Crippen LogP contribution is 2.32. The van der Waals surface area contributed by atoms with Crippen LogP contribution in [0.25, 0.3) is 11.4 Å². The summed E-state index contributed by atoms with van der Waals surface area (Å²) in [6.45, 7) is 7.21. The Morgan fingerprint density at radius 3 is 2.56 bits per heavy atom. The van der Waals surface area contributed by atoms with Crippen LogP contribution in [0.3, 0.4) is 0 Å². The molecule has 6 nitrogen and oxygen atoms in total. The number of rotatable bonds is 9. The van der Waals surface area contributed by atoms with E-state index in [2.05, 4.69) is 40.9 Å². The second-order valence-corrected chi connectivity index (χ2v) is 8.46. The number of benzene rings is 1. The first-order chi connectivity index (χ1) is 13.0. The largest absolute Gasteiger partial charge is 0.497 e. The van der Waals surface area contributed by atoms with Gasteiger partial charge in [-0.2, -0.15) is 0 Å². The third kappa shape index (κ3) is 5.25. The molecule has 1 saturated carbocycles. The molecule has 7 heteroatoms. The summed E-state index contributed by atoms with van der Waals surface area (Å²) in [4.78, 5) is 12.2. The minimum Gasteiger partial charge on any atom is -0.497 e. The third-order valence-corrected chi connectivity index (χ3v) is 5.63. The molecule has 1 N–H and O–H groups in total. The zero-order chi connectivity index (χ0) is 19.4. The van der Waals surface area contributed by atoms with Crippen LogP contribution < -0.4 is 10.1 Å². The Bertz CT molecular complexity index is 769. The van der Waals surface area contributed by atoms with Gasteiger partial charge >= 0.3 is 0 Å². The molecule has 0 bridgehead atoms. The van der Waals surface area contributed by atoms with E-state index in [0.717, 1.165) is 28.8 Å². The third-order valence-electron chi connectivity index (χ3n) is 4.66. The van der Waals surface area contributed by atoms with Crippen molar-refractivity contribution in [3.05, 3.63) is 24.3 Å². The van der Waals surface area contributed by atoms with Gasteiger partial charge in [-0.1, -0.05) is 25.6 Å². The van der Waals surface area contributed by atoms with E-state index in [1.165, 1.54) is 24.6 Å². The smallest absolute Gasteiger partial charge is 0.230 e. The Hall–Kier alpha value is -2.02. The van der Waals surface area contributed by atoms with E-state index in [1.807, 2.05) is 24.3 Å². The summed E-state index contributed by atoms with van der Waals surface area (Å²) in [6, 6.07) is 8.07. The number of aromatic nitrogens is 3. The van der Waals surface area contributed by atoms with Crippen molar-refractivity contribution in [1.29, 1.82) is 0 Å². The summed E-state index contributed by atoms with van der Waals surface area (Å²) in [5, 5.41) is 12.6. The van der Waals surface area contributed by atoms with Crippen molar-refractivity contribution in [2.75, 3.05) is 12.9 Å². The topological polar surface area (TPSA) is 69.0 Å². The van der Waals surface area contributed by atoms with Crippen molar-refractivity contribution >= 4 is 17.7 Å². The highest BCUT2D eigenvalue weighted by molar-refractivity contribution is 7.99. The quantitative estimate of drug-likeness (QED) is 0.665. The average Bonchev–Trinajstić information content (AvgIpc) is 3.43. The molecular formula is C20H28N4O2S. The van der Waals surface area contributed by atoms with Crippen LogP contribution in [0.5, 0.6) is 5.75 Å². The molecule has 1 heterocycles. The molecule has 1 aromatic heterocycles. The number of carbonyl (C=O) groups is 1. The molecule has 1 fully saturated rings. The minimum absolute atomic E-state index is 0.0597. The molecule has 1 aliphatic rings. The molecule has 146 valence electrons. The van der Waals surface area contributed by atoms with E-state index in [9.17, 15) is 4.79 Å². The molecule has 1 amide bonds. The van der Waals surface area contributed by atoms with Gasteiger partial charge in [-0.15, -0.1) is 10.2 Å². The van der Waals surface area contributed by atoms with Gasteiger partial charge in [-0.25, -0.2) is 0 Å². The van der Waals surface area contributed by atoms with Crippen LogP contribution in [0.4, 0.5) is 0 Å². The summed E-state index contributed by atoms with van der Waals surface area (Å²) >= 11 is 1.45. The van der Waals surface area contributed by atoms with Crippen LogP contribution in [0.1, 0.15) is 33.6 Å². The van der Waals surface area contributed by atoms with Crippen molar-refractivity contribution in [2.24, 2.45) is 11.8 Å². The van der Waals surface area contributed by atoms with Crippen molar-refractivity contribution in [1.82, 2.24) is 20.1 Å². The van der Waals surface area contributed by atoms with Crippen LogP contribution >= 0.6 is 11.8 Å². The minimum atomic E-state index is 0.0597. The molecule has 2 aromatic rings. The van der Waals surface area contributed by atoms with Crippen LogP contribution in [0, 0.1) is 11.8 Å². The van der Waals surface area contributed by atoms with E-state index in [4.69, 9.17) is 4.74 Å². The number of amides is 1. The molecule has 0 aliphatic heterocycles. The van der Waals surface area contributed by atoms with E-state index < -0.39 is 0 Å². The van der Waals surface area contributed by atoms with Gasteiger partial charge < -0.3 is 14.6 Å². The summed E-state index contributed by atoms with van der Waals surface area (Å²) in [5.74, 6) is 3.15. The zero-order valence-electron chi connectivity index (χ0n) is 16.4. The van der Waals surface area contributed by atoms with E-state index in [-0.39, 0.29) is 11.9 Å². The van der Waals surface area contributed by atoms with E-state index in [1.54, 1.807) is 7.11 Å². The second-order valence-electron chi connectivity index (χ2n) is 7.52.